The molecule has 1 aromatic carbocycles. The number of nitrogens with zero attached hydrogens (tertiary/aromatic N) is 4. The van der Waals surface area contributed by atoms with E-state index in [0.717, 1.165) is 31.5 Å². The summed E-state index contributed by atoms with van der Waals surface area (Å²) in [4.78, 5) is 32.1. The number of hydrogen-bond donors (Lipinski definition) is 0. The molecule has 2 atom stereocenters. The number of likely N-dealkylation sites (tertiary alicyclic amines) is 1. The topological polar surface area (TPSA) is 77.3 Å². The number of fused-ring (bicyclic) bond motifs is 1. The third kappa shape index (κ3) is 4.13. The first-order valence-electron chi connectivity index (χ1n) is 10.3. The minimum absolute atomic E-state index is 0.0466. The first kappa shape index (κ1) is 21.3. The Bertz CT molecular complexity index is 925. The monoisotopic (exact) mass is 448 g/mol. The lowest BCUT2D eigenvalue weighted by molar-refractivity contribution is -0.149. The molecule has 160 valence electrons. The van der Waals surface area contributed by atoms with Crippen molar-refractivity contribution >= 4 is 35.2 Å². The Morgan fingerprint density at radius 1 is 1.27 bits per heavy atom. The van der Waals surface area contributed by atoms with E-state index in [1.807, 2.05) is 38.1 Å². The van der Waals surface area contributed by atoms with Crippen molar-refractivity contribution in [2.24, 2.45) is 5.92 Å². The average Bonchev–Trinajstić information content (AvgIpc) is 3.29. The quantitative estimate of drug-likeness (QED) is 0.624. The van der Waals surface area contributed by atoms with Gasteiger partial charge in [-0.25, -0.2) is 4.98 Å². The molecule has 0 bridgehead atoms. The van der Waals surface area contributed by atoms with Gasteiger partial charge in [-0.15, -0.1) is 5.10 Å². The summed E-state index contributed by atoms with van der Waals surface area (Å²) in [5.41, 5.74) is 1.03. The summed E-state index contributed by atoms with van der Waals surface area (Å²) in [5.74, 6) is 0.434. The molecule has 2 unspecified atom stereocenters. The smallest absolute Gasteiger partial charge is 0.309 e. The molecule has 1 aromatic heterocycles. The summed E-state index contributed by atoms with van der Waals surface area (Å²) in [5, 5.41) is 5.34. The van der Waals surface area contributed by atoms with Crippen molar-refractivity contribution in [2.75, 3.05) is 19.7 Å². The number of rotatable bonds is 6. The van der Waals surface area contributed by atoms with Gasteiger partial charge in [0, 0.05) is 11.4 Å². The number of esters is 1. The molecule has 3 heterocycles. The van der Waals surface area contributed by atoms with Gasteiger partial charge in [-0.2, -0.15) is 4.68 Å². The van der Waals surface area contributed by atoms with Crippen LogP contribution in [0.15, 0.2) is 29.4 Å². The molecule has 0 N–H and O–H groups in total. The van der Waals surface area contributed by atoms with Crippen LogP contribution in [0, 0.1) is 5.92 Å². The number of hydrogen-bond acceptors (Lipinski definition) is 7. The third-order valence-electron chi connectivity index (χ3n) is 5.66. The van der Waals surface area contributed by atoms with E-state index < -0.39 is 0 Å². The average molecular weight is 449 g/mol. The summed E-state index contributed by atoms with van der Waals surface area (Å²) >= 11 is 7.57. The van der Waals surface area contributed by atoms with E-state index in [2.05, 4.69) is 15.0 Å². The largest absolute Gasteiger partial charge is 0.466 e. The van der Waals surface area contributed by atoms with Gasteiger partial charge in [-0.05, 0) is 50.6 Å². The van der Waals surface area contributed by atoms with Crippen LogP contribution in [-0.2, 0) is 16.0 Å². The number of benzene rings is 1. The van der Waals surface area contributed by atoms with Gasteiger partial charge in [-0.3, -0.25) is 14.5 Å². The van der Waals surface area contributed by atoms with E-state index in [1.54, 1.807) is 0 Å². The normalized spacial score (nSPS) is 20.9. The highest BCUT2D eigenvalue weighted by atomic mass is 35.5. The fourth-order valence-corrected chi connectivity index (χ4v) is 5.50. The maximum atomic E-state index is 13.2. The summed E-state index contributed by atoms with van der Waals surface area (Å²) in [6.45, 7) is 5.64. The van der Waals surface area contributed by atoms with Crippen LogP contribution in [-0.4, -0.2) is 56.5 Å². The number of carbonyl (C=O) groups excluding carboxylic acids is 2. The number of ether oxygens (including phenoxy) is 1. The van der Waals surface area contributed by atoms with Crippen LogP contribution >= 0.6 is 23.4 Å². The summed E-state index contributed by atoms with van der Waals surface area (Å²) in [7, 11) is 0. The fraction of sp³-hybridized carbons (Fsp3) is 0.524. The maximum Gasteiger partial charge on any atom is 0.309 e. The Hall–Kier alpha value is -1.90. The van der Waals surface area contributed by atoms with E-state index in [9.17, 15) is 9.59 Å². The third-order valence-corrected chi connectivity index (χ3v) is 7.10. The lowest BCUT2D eigenvalue weighted by Gasteiger charge is -2.38. The second-order valence-electron chi connectivity index (χ2n) is 7.51. The lowest BCUT2D eigenvalue weighted by Crippen LogP contribution is -2.44. The number of halogens is 1. The van der Waals surface area contributed by atoms with Gasteiger partial charge in [-0.1, -0.05) is 42.4 Å². The minimum atomic E-state index is -0.341. The molecule has 2 aliphatic rings. The summed E-state index contributed by atoms with van der Waals surface area (Å²) < 4.78 is 6.64. The van der Waals surface area contributed by atoms with Crippen molar-refractivity contribution in [3.8, 4) is 0 Å². The molecule has 2 aliphatic heterocycles. The standard InChI is InChI=1S/C21H25ClN4O3S/c1-3-16-23-21-26(24-16)19(27)18(30-21)17(13-5-7-15(22)8-6-13)25-11-9-14(10-12-25)20(28)29-4-2/h5-8,14,17-18H,3-4,9-12H2,1-2H3. The first-order valence-corrected chi connectivity index (χ1v) is 11.6. The molecule has 0 spiro atoms. The van der Waals surface area contributed by atoms with Crippen LogP contribution in [0.4, 0.5) is 0 Å². The molecule has 0 amide bonds. The molecule has 1 fully saturated rings. The molecule has 7 nitrogen and oxygen atoms in total. The zero-order valence-electron chi connectivity index (χ0n) is 17.1. The van der Waals surface area contributed by atoms with Crippen molar-refractivity contribution in [2.45, 2.75) is 49.6 Å². The van der Waals surface area contributed by atoms with E-state index >= 15 is 0 Å². The Balaban J connectivity index is 1.57. The molecule has 2 aromatic rings. The van der Waals surface area contributed by atoms with Crippen LogP contribution in [0.3, 0.4) is 0 Å². The van der Waals surface area contributed by atoms with Crippen molar-refractivity contribution in [3.05, 3.63) is 40.7 Å². The number of carbonyl (C=O) groups is 2. The summed E-state index contributed by atoms with van der Waals surface area (Å²) in [6, 6.07) is 7.52. The molecule has 0 aliphatic carbocycles. The van der Waals surface area contributed by atoms with Gasteiger partial charge in [0.15, 0.2) is 11.0 Å². The Morgan fingerprint density at radius 3 is 2.57 bits per heavy atom. The molecular formula is C21H25ClN4O3S. The number of thioether (sulfide) groups is 1. The first-order chi connectivity index (χ1) is 14.5. The molecule has 9 heteroatoms. The molecular weight excluding hydrogens is 424 g/mol. The van der Waals surface area contributed by atoms with Crippen LogP contribution in [0.2, 0.25) is 5.02 Å². The van der Waals surface area contributed by atoms with Crippen molar-refractivity contribution < 1.29 is 14.3 Å². The highest BCUT2D eigenvalue weighted by molar-refractivity contribution is 8.00. The number of aromatic nitrogens is 3. The number of piperidine rings is 1. The molecule has 1 saturated heterocycles. The zero-order chi connectivity index (χ0) is 21.3. The van der Waals surface area contributed by atoms with Gasteiger partial charge >= 0.3 is 5.97 Å². The van der Waals surface area contributed by atoms with Crippen LogP contribution in [0.25, 0.3) is 0 Å². The second kappa shape index (κ2) is 9.08. The second-order valence-corrected chi connectivity index (χ2v) is 9.06. The predicted octanol–water partition coefficient (Wildman–Crippen LogP) is 3.62. The molecule has 0 saturated carbocycles. The molecule has 30 heavy (non-hydrogen) atoms. The SMILES string of the molecule is CCOC(=O)C1CCN(C(c2ccc(Cl)cc2)C2Sc3nc(CC)nn3C2=O)CC1. The lowest BCUT2D eigenvalue weighted by atomic mass is 9.93. The van der Waals surface area contributed by atoms with Gasteiger partial charge in [0.1, 0.15) is 5.25 Å². The minimum Gasteiger partial charge on any atom is -0.466 e. The van der Waals surface area contributed by atoms with Crippen molar-refractivity contribution in [3.63, 3.8) is 0 Å². The highest BCUT2D eigenvalue weighted by Crippen LogP contribution is 2.42. The van der Waals surface area contributed by atoms with Gasteiger partial charge in [0.25, 0.3) is 5.91 Å². The van der Waals surface area contributed by atoms with E-state index in [-0.39, 0.29) is 29.1 Å². The fourth-order valence-electron chi connectivity index (χ4n) is 4.10. The van der Waals surface area contributed by atoms with Crippen LogP contribution in [0.1, 0.15) is 48.9 Å². The Morgan fingerprint density at radius 2 is 1.97 bits per heavy atom. The van der Waals surface area contributed by atoms with Crippen molar-refractivity contribution in [1.82, 2.24) is 19.7 Å². The predicted molar refractivity (Wildman–Crippen MR) is 115 cm³/mol. The zero-order valence-corrected chi connectivity index (χ0v) is 18.7. The summed E-state index contributed by atoms with van der Waals surface area (Å²) in [6.07, 6.45) is 2.13. The number of aryl methyl sites for hydroxylation is 1. The molecule has 4 rings (SSSR count). The Kier molecular flexibility index (Phi) is 6.46. The highest BCUT2D eigenvalue weighted by Gasteiger charge is 2.44. The van der Waals surface area contributed by atoms with Crippen LogP contribution in [0.5, 0.6) is 0 Å². The maximum absolute atomic E-state index is 13.2. The van der Waals surface area contributed by atoms with Crippen molar-refractivity contribution in [1.29, 1.82) is 0 Å². The van der Waals surface area contributed by atoms with Gasteiger partial charge < -0.3 is 4.74 Å². The van der Waals surface area contributed by atoms with E-state index in [0.29, 0.717) is 29.0 Å². The van der Waals surface area contributed by atoms with Crippen LogP contribution < -0.4 is 0 Å². The van der Waals surface area contributed by atoms with E-state index in [1.165, 1.54) is 16.4 Å². The van der Waals surface area contributed by atoms with Gasteiger partial charge in [0.2, 0.25) is 0 Å². The Labute approximate surface area is 185 Å². The van der Waals surface area contributed by atoms with E-state index in [4.69, 9.17) is 16.3 Å². The van der Waals surface area contributed by atoms with Gasteiger partial charge in [0.05, 0.1) is 18.6 Å². The molecule has 0 radical (unpaired) electrons.